The van der Waals surface area contributed by atoms with Gasteiger partial charge in [-0.15, -0.1) is 16.8 Å². The van der Waals surface area contributed by atoms with E-state index in [-0.39, 0.29) is 0 Å². The molecule has 0 saturated heterocycles. The quantitative estimate of drug-likeness (QED) is 0.775. The van der Waals surface area contributed by atoms with Crippen LogP contribution in [0.25, 0.3) is 10.8 Å². The zero-order valence-electron chi connectivity index (χ0n) is 9.61. The smallest absolute Gasteiger partial charge is 0.241 e. The number of ether oxygens (including phenoxy) is 1. The lowest BCUT2D eigenvalue weighted by Crippen LogP contribution is -2.01. The van der Waals surface area contributed by atoms with Crippen molar-refractivity contribution < 1.29 is 4.74 Å². The third-order valence-electron chi connectivity index (χ3n) is 2.38. The van der Waals surface area contributed by atoms with E-state index >= 15 is 0 Å². The van der Waals surface area contributed by atoms with Crippen LogP contribution in [0.5, 0.6) is 5.88 Å². The summed E-state index contributed by atoms with van der Waals surface area (Å²) in [4.78, 5) is 0. The lowest BCUT2D eigenvalue weighted by molar-refractivity contribution is 0.310. The molecule has 0 atom stereocenters. The molecule has 0 radical (unpaired) electrons. The van der Waals surface area contributed by atoms with Gasteiger partial charge in [-0.1, -0.05) is 35.4 Å². The van der Waals surface area contributed by atoms with Crippen LogP contribution in [0, 0.1) is 0 Å². The maximum Gasteiger partial charge on any atom is 0.241 e. The van der Waals surface area contributed by atoms with Gasteiger partial charge in [-0.25, -0.2) is 0 Å². The predicted molar refractivity (Wildman–Crippen MR) is 69.5 cm³/mol. The van der Waals surface area contributed by atoms with E-state index in [9.17, 15) is 0 Å². The molecule has 2 rings (SSSR count). The van der Waals surface area contributed by atoms with E-state index < -0.39 is 0 Å². The van der Waals surface area contributed by atoms with E-state index in [4.69, 9.17) is 16.3 Å². The zero-order valence-corrected chi connectivity index (χ0v) is 10.4. The van der Waals surface area contributed by atoms with Gasteiger partial charge in [0.1, 0.15) is 0 Å². The van der Waals surface area contributed by atoms with E-state index in [2.05, 4.69) is 16.8 Å². The van der Waals surface area contributed by atoms with Gasteiger partial charge in [-0.05, 0) is 13.0 Å². The molecule has 0 N–H and O–H groups in total. The fourth-order valence-electron chi connectivity index (χ4n) is 1.48. The summed E-state index contributed by atoms with van der Waals surface area (Å²) >= 11 is 5.97. The van der Waals surface area contributed by atoms with E-state index in [0.29, 0.717) is 17.6 Å². The van der Waals surface area contributed by atoms with Crippen LogP contribution in [0.1, 0.15) is 13.3 Å². The summed E-state index contributed by atoms with van der Waals surface area (Å²) in [5, 5.41) is 9.98. The number of hydrogen-bond acceptors (Lipinski definition) is 3. The first-order chi connectivity index (χ1) is 8.18. The summed E-state index contributed by atoms with van der Waals surface area (Å²) in [7, 11) is 0. The lowest BCUT2D eigenvalue weighted by atomic mass is 10.2. The van der Waals surface area contributed by atoms with Gasteiger partial charge in [0.15, 0.2) is 5.15 Å². The first kappa shape index (κ1) is 11.9. The molecule has 0 aliphatic rings. The molecule has 0 aliphatic heterocycles. The minimum absolute atomic E-state index is 0.396. The molecule has 3 nitrogen and oxygen atoms in total. The molecule has 0 amide bonds. The van der Waals surface area contributed by atoms with E-state index in [0.717, 1.165) is 22.8 Å². The molecular weight excluding hydrogens is 236 g/mol. The Labute approximate surface area is 105 Å². The first-order valence-corrected chi connectivity index (χ1v) is 5.74. The minimum atomic E-state index is 0.396. The normalized spacial score (nSPS) is 10.5. The van der Waals surface area contributed by atoms with Crippen molar-refractivity contribution >= 4 is 22.4 Å². The van der Waals surface area contributed by atoms with Crippen LogP contribution in [0.15, 0.2) is 36.4 Å². The van der Waals surface area contributed by atoms with Crippen molar-refractivity contribution in [2.75, 3.05) is 6.61 Å². The van der Waals surface area contributed by atoms with E-state index in [1.807, 2.05) is 31.2 Å². The van der Waals surface area contributed by atoms with Crippen molar-refractivity contribution in [2.45, 2.75) is 13.3 Å². The van der Waals surface area contributed by atoms with Crippen LogP contribution in [0.4, 0.5) is 0 Å². The van der Waals surface area contributed by atoms with Crippen LogP contribution in [-0.2, 0) is 0 Å². The molecule has 0 aliphatic carbocycles. The van der Waals surface area contributed by atoms with Crippen LogP contribution in [0.2, 0.25) is 5.15 Å². The monoisotopic (exact) mass is 248 g/mol. The summed E-state index contributed by atoms with van der Waals surface area (Å²) in [6, 6.07) is 7.66. The van der Waals surface area contributed by atoms with Gasteiger partial charge in [-0.2, -0.15) is 0 Å². The molecule has 0 bridgehead atoms. The molecule has 0 unspecified atom stereocenters. The fourth-order valence-corrected chi connectivity index (χ4v) is 1.68. The van der Waals surface area contributed by atoms with Gasteiger partial charge in [0, 0.05) is 17.2 Å². The maximum atomic E-state index is 5.97. The fraction of sp³-hybridized carbons (Fsp3) is 0.231. The second-order valence-corrected chi connectivity index (χ2v) is 4.26. The van der Waals surface area contributed by atoms with Crippen molar-refractivity contribution in [3.8, 4) is 5.88 Å². The van der Waals surface area contributed by atoms with Gasteiger partial charge in [0.05, 0.1) is 6.61 Å². The average Bonchev–Trinajstić information content (AvgIpc) is 2.32. The SMILES string of the molecule is C=C(C)CCOc1nnc(Cl)c2ccccc12. The number of benzene rings is 1. The van der Waals surface area contributed by atoms with Gasteiger partial charge < -0.3 is 4.74 Å². The van der Waals surface area contributed by atoms with Crippen LogP contribution in [-0.4, -0.2) is 16.8 Å². The van der Waals surface area contributed by atoms with Crippen molar-refractivity contribution in [3.05, 3.63) is 41.6 Å². The third-order valence-corrected chi connectivity index (χ3v) is 2.66. The summed E-state index contributed by atoms with van der Waals surface area (Å²) in [6.45, 7) is 6.34. The topological polar surface area (TPSA) is 35.0 Å². The Morgan fingerprint density at radius 1 is 1.29 bits per heavy atom. The van der Waals surface area contributed by atoms with Crippen LogP contribution < -0.4 is 4.74 Å². The molecular formula is C13H13ClN2O. The molecule has 1 heterocycles. The molecule has 2 aromatic rings. The number of hydrogen-bond donors (Lipinski definition) is 0. The summed E-state index contributed by atoms with van der Waals surface area (Å²) in [6.07, 6.45) is 0.804. The standard InChI is InChI=1S/C13H13ClN2O/c1-9(2)7-8-17-13-11-6-4-3-5-10(11)12(14)15-16-13/h3-6H,1,7-8H2,2H3. The number of rotatable bonds is 4. The highest BCUT2D eigenvalue weighted by atomic mass is 35.5. The minimum Gasteiger partial charge on any atom is -0.476 e. The second-order valence-electron chi connectivity index (χ2n) is 3.90. The first-order valence-electron chi connectivity index (χ1n) is 5.36. The number of fused-ring (bicyclic) bond motifs is 1. The molecule has 4 heteroatoms. The summed E-state index contributed by atoms with van der Waals surface area (Å²) < 4.78 is 5.59. The Hall–Kier alpha value is -1.61. The van der Waals surface area contributed by atoms with Gasteiger partial charge in [-0.3, -0.25) is 0 Å². The molecule has 1 aromatic heterocycles. The highest BCUT2D eigenvalue weighted by Crippen LogP contribution is 2.27. The molecule has 0 spiro atoms. The number of nitrogens with zero attached hydrogens (tertiary/aromatic N) is 2. The highest BCUT2D eigenvalue weighted by Gasteiger charge is 2.07. The van der Waals surface area contributed by atoms with E-state index in [1.54, 1.807) is 0 Å². The van der Waals surface area contributed by atoms with Crippen molar-refractivity contribution in [1.29, 1.82) is 0 Å². The largest absolute Gasteiger partial charge is 0.476 e. The van der Waals surface area contributed by atoms with Crippen molar-refractivity contribution in [3.63, 3.8) is 0 Å². The Bertz CT molecular complexity index is 554. The summed E-state index contributed by atoms with van der Waals surface area (Å²) in [5.41, 5.74) is 1.08. The second kappa shape index (κ2) is 5.15. The van der Waals surface area contributed by atoms with Gasteiger partial charge >= 0.3 is 0 Å². The Morgan fingerprint density at radius 3 is 2.71 bits per heavy atom. The number of halogens is 1. The van der Waals surface area contributed by atoms with Crippen molar-refractivity contribution in [2.24, 2.45) is 0 Å². The van der Waals surface area contributed by atoms with Crippen LogP contribution >= 0.6 is 11.6 Å². The summed E-state index contributed by atoms with van der Waals surface area (Å²) in [5.74, 6) is 0.520. The Kier molecular flexibility index (Phi) is 3.59. The Morgan fingerprint density at radius 2 is 2.00 bits per heavy atom. The molecule has 17 heavy (non-hydrogen) atoms. The van der Waals surface area contributed by atoms with Crippen LogP contribution in [0.3, 0.4) is 0 Å². The van der Waals surface area contributed by atoms with Crippen molar-refractivity contribution in [1.82, 2.24) is 10.2 Å². The predicted octanol–water partition coefficient (Wildman–Crippen LogP) is 3.63. The molecule has 88 valence electrons. The lowest BCUT2D eigenvalue weighted by Gasteiger charge is -2.07. The molecule has 1 aromatic carbocycles. The number of aromatic nitrogens is 2. The van der Waals surface area contributed by atoms with Gasteiger partial charge in [0.25, 0.3) is 0 Å². The third kappa shape index (κ3) is 2.74. The van der Waals surface area contributed by atoms with E-state index in [1.165, 1.54) is 0 Å². The maximum absolute atomic E-state index is 5.97. The highest BCUT2D eigenvalue weighted by molar-refractivity contribution is 6.34. The average molecular weight is 249 g/mol. The Balaban J connectivity index is 2.28. The zero-order chi connectivity index (χ0) is 12.3. The molecule has 0 saturated carbocycles. The molecule has 0 fully saturated rings. The van der Waals surface area contributed by atoms with Gasteiger partial charge in [0.2, 0.25) is 5.88 Å².